The first kappa shape index (κ1) is 19.0. The Balaban J connectivity index is 1.71. The number of thioether (sulfide) groups is 1. The Morgan fingerprint density at radius 1 is 1.22 bits per heavy atom. The third kappa shape index (κ3) is 4.91. The van der Waals surface area contributed by atoms with Gasteiger partial charge in [-0.3, -0.25) is 9.78 Å². The molecule has 0 aliphatic heterocycles. The van der Waals surface area contributed by atoms with Crippen molar-refractivity contribution in [3.8, 4) is 11.4 Å². The van der Waals surface area contributed by atoms with Gasteiger partial charge in [0.1, 0.15) is 5.82 Å². The molecule has 0 bridgehead atoms. The van der Waals surface area contributed by atoms with E-state index in [1.54, 1.807) is 24.5 Å². The zero-order valence-corrected chi connectivity index (χ0v) is 15.7. The van der Waals surface area contributed by atoms with Crippen molar-refractivity contribution >= 4 is 23.4 Å². The van der Waals surface area contributed by atoms with Crippen LogP contribution in [-0.4, -0.2) is 31.4 Å². The van der Waals surface area contributed by atoms with Crippen molar-refractivity contribution in [2.45, 2.75) is 31.5 Å². The minimum atomic E-state index is -0.458. The van der Waals surface area contributed by atoms with Gasteiger partial charge in [0.2, 0.25) is 5.91 Å². The zero-order valence-electron chi connectivity index (χ0n) is 14.9. The highest BCUT2D eigenvalue weighted by atomic mass is 32.2. The number of unbranched alkanes of at least 4 members (excludes halogenated alkanes) is 1. The number of hydrogen-bond donors (Lipinski definition) is 1. The van der Waals surface area contributed by atoms with Crippen molar-refractivity contribution < 1.29 is 9.18 Å². The molecule has 8 heteroatoms. The molecule has 3 rings (SSSR count). The number of anilines is 1. The van der Waals surface area contributed by atoms with Gasteiger partial charge in [-0.15, -0.1) is 10.2 Å². The van der Waals surface area contributed by atoms with E-state index in [2.05, 4.69) is 27.4 Å². The van der Waals surface area contributed by atoms with Gasteiger partial charge < -0.3 is 9.88 Å². The van der Waals surface area contributed by atoms with Crippen LogP contribution in [0.25, 0.3) is 11.4 Å². The average molecular weight is 385 g/mol. The number of carbonyl (C=O) groups excluding carboxylic acids is 1. The SMILES string of the molecule is CCCCn1c(SCC(=O)Nc2ccccc2F)nnc1-c1cccnc1. The van der Waals surface area contributed by atoms with E-state index in [9.17, 15) is 9.18 Å². The predicted molar refractivity (Wildman–Crippen MR) is 104 cm³/mol. The largest absolute Gasteiger partial charge is 0.323 e. The van der Waals surface area contributed by atoms with Gasteiger partial charge in [-0.05, 0) is 30.7 Å². The number of nitrogens with one attached hydrogen (secondary N) is 1. The number of nitrogens with zero attached hydrogens (tertiary/aromatic N) is 4. The van der Waals surface area contributed by atoms with Crippen LogP contribution in [0.4, 0.5) is 10.1 Å². The molecule has 1 N–H and O–H groups in total. The summed E-state index contributed by atoms with van der Waals surface area (Å²) in [4.78, 5) is 16.3. The van der Waals surface area contributed by atoms with Gasteiger partial charge in [0, 0.05) is 24.5 Å². The molecule has 0 radical (unpaired) electrons. The van der Waals surface area contributed by atoms with Gasteiger partial charge in [-0.1, -0.05) is 37.2 Å². The van der Waals surface area contributed by atoms with Crippen LogP contribution >= 0.6 is 11.8 Å². The van der Waals surface area contributed by atoms with Crippen molar-refractivity contribution in [3.05, 3.63) is 54.6 Å². The standard InChI is InChI=1S/C19H20FN5OS/c1-2-3-11-25-18(14-7-6-10-21-12-14)23-24-19(25)27-13-17(26)22-16-9-5-4-8-15(16)20/h4-10,12H,2-3,11,13H2,1H3,(H,22,26). The van der Waals surface area contributed by atoms with Crippen LogP contribution in [0.2, 0.25) is 0 Å². The molecule has 6 nitrogen and oxygen atoms in total. The highest BCUT2D eigenvalue weighted by molar-refractivity contribution is 7.99. The van der Waals surface area contributed by atoms with E-state index in [0.29, 0.717) is 5.16 Å². The van der Waals surface area contributed by atoms with Gasteiger partial charge in [-0.2, -0.15) is 0 Å². The summed E-state index contributed by atoms with van der Waals surface area (Å²) in [6, 6.07) is 9.87. The Morgan fingerprint density at radius 2 is 2.07 bits per heavy atom. The summed E-state index contributed by atoms with van der Waals surface area (Å²) in [6.45, 7) is 2.87. The van der Waals surface area contributed by atoms with Crippen LogP contribution in [-0.2, 0) is 11.3 Å². The van der Waals surface area contributed by atoms with Crippen LogP contribution in [0.1, 0.15) is 19.8 Å². The molecule has 2 aromatic heterocycles. The lowest BCUT2D eigenvalue weighted by Gasteiger charge is -2.10. The molecule has 0 saturated heterocycles. The maximum atomic E-state index is 13.7. The third-order valence-corrected chi connectivity index (χ3v) is 4.82. The number of amides is 1. The first-order chi connectivity index (χ1) is 13.2. The Kier molecular flexibility index (Phi) is 6.54. The first-order valence-electron chi connectivity index (χ1n) is 8.69. The van der Waals surface area contributed by atoms with E-state index in [4.69, 9.17) is 0 Å². The monoisotopic (exact) mass is 385 g/mol. The number of halogens is 1. The Labute approximate surface area is 161 Å². The van der Waals surface area contributed by atoms with Crippen LogP contribution in [0, 0.1) is 5.82 Å². The van der Waals surface area contributed by atoms with Crippen molar-refractivity contribution in [1.82, 2.24) is 19.7 Å². The van der Waals surface area contributed by atoms with E-state index in [0.717, 1.165) is 30.8 Å². The Morgan fingerprint density at radius 3 is 2.81 bits per heavy atom. The number of carbonyl (C=O) groups is 1. The molecule has 0 fully saturated rings. The second-order valence-electron chi connectivity index (χ2n) is 5.87. The summed E-state index contributed by atoms with van der Waals surface area (Å²) < 4.78 is 15.7. The van der Waals surface area contributed by atoms with Crippen LogP contribution in [0.15, 0.2) is 53.9 Å². The second-order valence-corrected chi connectivity index (χ2v) is 6.81. The zero-order chi connectivity index (χ0) is 19.1. The summed E-state index contributed by atoms with van der Waals surface area (Å²) in [5, 5.41) is 11.7. The summed E-state index contributed by atoms with van der Waals surface area (Å²) in [5.74, 6) is 0.0958. The fourth-order valence-electron chi connectivity index (χ4n) is 2.50. The molecule has 1 aromatic carbocycles. The molecule has 140 valence electrons. The van der Waals surface area contributed by atoms with E-state index in [1.165, 1.54) is 23.9 Å². The lowest BCUT2D eigenvalue weighted by Crippen LogP contribution is -2.15. The molecular weight excluding hydrogens is 365 g/mol. The maximum absolute atomic E-state index is 13.7. The van der Waals surface area contributed by atoms with Crippen LogP contribution in [0.5, 0.6) is 0 Å². The molecule has 0 atom stereocenters. The van der Waals surface area contributed by atoms with Crippen molar-refractivity contribution in [2.75, 3.05) is 11.1 Å². The van der Waals surface area contributed by atoms with Crippen molar-refractivity contribution in [3.63, 3.8) is 0 Å². The number of aromatic nitrogens is 4. The van der Waals surface area contributed by atoms with Crippen LogP contribution < -0.4 is 5.32 Å². The summed E-state index contributed by atoms with van der Waals surface area (Å²) in [6.07, 6.45) is 5.45. The first-order valence-corrected chi connectivity index (χ1v) is 9.68. The Bertz CT molecular complexity index is 900. The number of pyridine rings is 1. The molecule has 1 amide bonds. The highest BCUT2D eigenvalue weighted by Gasteiger charge is 2.16. The fraction of sp³-hybridized carbons (Fsp3) is 0.263. The summed E-state index contributed by atoms with van der Waals surface area (Å²) >= 11 is 1.28. The van der Waals surface area contributed by atoms with Crippen LogP contribution in [0.3, 0.4) is 0 Å². The highest BCUT2D eigenvalue weighted by Crippen LogP contribution is 2.24. The number of rotatable bonds is 8. The fourth-order valence-corrected chi connectivity index (χ4v) is 3.27. The molecule has 2 heterocycles. The number of benzene rings is 1. The number of hydrogen-bond acceptors (Lipinski definition) is 5. The van der Waals surface area contributed by atoms with Gasteiger partial charge in [0.25, 0.3) is 0 Å². The summed E-state index contributed by atoms with van der Waals surface area (Å²) in [5.41, 5.74) is 1.05. The Hall–Kier alpha value is -2.74. The average Bonchev–Trinajstić information content (AvgIpc) is 3.10. The molecular formula is C19H20FN5OS. The van der Waals surface area contributed by atoms with E-state index in [-0.39, 0.29) is 17.3 Å². The van der Waals surface area contributed by atoms with Gasteiger partial charge >= 0.3 is 0 Å². The maximum Gasteiger partial charge on any atom is 0.234 e. The molecule has 0 saturated carbocycles. The molecule has 0 aliphatic carbocycles. The predicted octanol–water partition coefficient (Wildman–Crippen LogP) is 4.01. The van der Waals surface area contributed by atoms with Gasteiger partial charge in [0.05, 0.1) is 11.4 Å². The number of para-hydroxylation sites is 1. The van der Waals surface area contributed by atoms with Crippen molar-refractivity contribution in [2.24, 2.45) is 0 Å². The minimum absolute atomic E-state index is 0.117. The van der Waals surface area contributed by atoms with Crippen molar-refractivity contribution in [1.29, 1.82) is 0 Å². The quantitative estimate of drug-likeness (QED) is 0.593. The molecule has 0 aliphatic rings. The topological polar surface area (TPSA) is 72.7 Å². The van der Waals surface area contributed by atoms with Gasteiger partial charge in [0.15, 0.2) is 11.0 Å². The van der Waals surface area contributed by atoms with E-state index < -0.39 is 5.82 Å². The summed E-state index contributed by atoms with van der Waals surface area (Å²) in [7, 11) is 0. The molecule has 3 aromatic rings. The smallest absolute Gasteiger partial charge is 0.234 e. The van der Waals surface area contributed by atoms with E-state index >= 15 is 0 Å². The second kappa shape index (κ2) is 9.27. The normalized spacial score (nSPS) is 10.7. The lowest BCUT2D eigenvalue weighted by molar-refractivity contribution is -0.113. The lowest BCUT2D eigenvalue weighted by atomic mass is 10.2. The molecule has 27 heavy (non-hydrogen) atoms. The molecule has 0 spiro atoms. The van der Waals surface area contributed by atoms with E-state index in [1.807, 2.05) is 16.7 Å². The third-order valence-electron chi connectivity index (χ3n) is 3.85. The molecule has 0 unspecified atom stereocenters. The van der Waals surface area contributed by atoms with Gasteiger partial charge in [-0.25, -0.2) is 4.39 Å². The minimum Gasteiger partial charge on any atom is -0.323 e.